The number of rotatable bonds is 1. The summed E-state index contributed by atoms with van der Waals surface area (Å²) in [6, 6.07) is 0. The monoisotopic (exact) mass is 324 g/mol. The van der Waals surface area contributed by atoms with Gasteiger partial charge < -0.3 is 5.11 Å². The van der Waals surface area contributed by atoms with Crippen molar-refractivity contribution in [2.75, 3.05) is 0 Å². The lowest BCUT2D eigenvalue weighted by molar-refractivity contribution is -0.116. The summed E-state index contributed by atoms with van der Waals surface area (Å²) < 4.78 is 0. The molecule has 0 amide bonds. The lowest BCUT2D eigenvalue weighted by Gasteiger charge is -2.56. The van der Waals surface area contributed by atoms with Gasteiger partial charge in [-0.2, -0.15) is 0 Å². The van der Waals surface area contributed by atoms with Gasteiger partial charge in [0.25, 0.3) is 0 Å². The van der Waals surface area contributed by atoms with Crippen LogP contribution < -0.4 is 0 Å². The molecule has 1 N–H and O–H groups in total. The van der Waals surface area contributed by atoms with E-state index in [9.17, 15) is 9.90 Å². The third-order valence-electron chi connectivity index (χ3n) is 7.94. The molecular formula is C22H28O2. The van der Waals surface area contributed by atoms with Gasteiger partial charge in [-0.15, -0.1) is 6.42 Å². The highest BCUT2D eigenvalue weighted by Crippen LogP contribution is 2.67. The summed E-state index contributed by atoms with van der Waals surface area (Å²) in [7, 11) is 0. The van der Waals surface area contributed by atoms with Crippen molar-refractivity contribution in [2.45, 2.75) is 63.9 Å². The summed E-state index contributed by atoms with van der Waals surface area (Å²) in [5.41, 5.74) is 1.48. The highest BCUT2D eigenvalue weighted by Gasteiger charge is 2.64. The number of ketones is 1. The molecule has 0 spiro atoms. The number of allylic oxidation sites excluding steroid dienone is 2. The predicted octanol–water partition coefficient (Wildman–Crippen LogP) is 4.05. The number of hydrogen-bond acceptors (Lipinski definition) is 2. The zero-order valence-corrected chi connectivity index (χ0v) is 14.7. The Morgan fingerprint density at radius 3 is 2.88 bits per heavy atom. The van der Waals surface area contributed by atoms with E-state index in [2.05, 4.69) is 19.4 Å². The van der Waals surface area contributed by atoms with Crippen LogP contribution in [0.2, 0.25) is 0 Å². The molecular weight excluding hydrogens is 296 g/mol. The average Bonchev–Trinajstić information content (AvgIpc) is 2.88. The third-order valence-corrected chi connectivity index (χ3v) is 7.94. The van der Waals surface area contributed by atoms with E-state index in [0.29, 0.717) is 35.9 Å². The number of carbonyl (C=O) groups excluding carboxylic acids is 1. The Bertz CT molecular complexity index is 666. The Morgan fingerprint density at radius 2 is 2.17 bits per heavy atom. The lowest BCUT2D eigenvalue weighted by atomic mass is 9.48. The fraction of sp³-hybridized carbons (Fsp3) is 0.682. The van der Waals surface area contributed by atoms with E-state index >= 15 is 0 Å². The van der Waals surface area contributed by atoms with E-state index in [1.54, 1.807) is 0 Å². The van der Waals surface area contributed by atoms with Gasteiger partial charge in [-0.25, -0.2) is 0 Å². The van der Waals surface area contributed by atoms with Crippen LogP contribution in [0.1, 0.15) is 58.3 Å². The molecule has 0 aromatic carbocycles. The van der Waals surface area contributed by atoms with Crippen molar-refractivity contribution in [3.8, 4) is 12.3 Å². The minimum atomic E-state index is -0.973. The molecule has 0 aromatic heterocycles. The molecule has 0 bridgehead atoms. The molecule has 0 aromatic rings. The number of aliphatic hydroxyl groups is 1. The highest BCUT2D eigenvalue weighted by molar-refractivity contribution is 5.91. The minimum Gasteiger partial charge on any atom is -0.377 e. The van der Waals surface area contributed by atoms with Crippen molar-refractivity contribution in [1.29, 1.82) is 0 Å². The largest absolute Gasteiger partial charge is 0.377 e. The van der Waals surface area contributed by atoms with Crippen LogP contribution >= 0.6 is 0 Å². The van der Waals surface area contributed by atoms with Crippen molar-refractivity contribution < 1.29 is 9.90 Å². The molecule has 0 aliphatic heterocycles. The molecule has 6 atom stereocenters. The summed E-state index contributed by atoms with van der Waals surface area (Å²) in [5, 5.41) is 11.2. The van der Waals surface area contributed by atoms with Gasteiger partial charge in [0.05, 0.1) is 0 Å². The second-order valence-corrected chi connectivity index (χ2v) is 8.55. The first-order valence-corrected chi connectivity index (χ1v) is 9.57. The van der Waals surface area contributed by atoms with Gasteiger partial charge in [0.2, 0.25) is 0 Å². The SMILES string of the molecule is C#CC1(O)CCC2[C@H]3CCC4=CC(=O)CC[C@H]4C3C(=C)C[C@]21CC. The van der Waals surface area contributed by atoms with Crippen LogP contribution in [0.5, 0.6) is 0 Å². The summed E-state index contributed by atoms with van der Waals surface area (Å²) in [6.07, 6.45) is 15.1. The minimum absolute atomic E-state index is 0.189. The fourth-order valence-electron chi connectivity index (χ4n) is 6.90. The first-order chi connectivity index (χ1) is 11.5. The summed E-state index contributed by atoms with van der Waals surface area (Å²) in [4.78, 5) is 11.8. The molecule has 0 radical (unpaired) electrons. The van der Waals surface area contributed by atoms with E-state index in [1.807, 2.05) is 6.08 Å². The molecule has 24 heavy (non-hydrogen) atoms. The predicted molar refractivity (Wildman–Crippen MR) is 95.0 cm³/mol. The third kappa shape index (κ3) is 1.91. The van der Waals surface area contributed by atoms with Crippen LogP contribution in [-0.4, -0.2) is 16.5 Å². The smallest absolute Gasteiger partial charge is 0.155 e. The molecule has 2 nitrogen and oxygen atoms in total. The molecule has 3 saturated carbocycles. The highest BCUT2D eigenvalue weighted by atomic mass is 16.3. The van der Waals surface area contributed by atoms with Gasteiger partial charge in [0.15, 0.2) is 5.78 Å². The summed E-state index contributed by atoms with van der Waals surface area (Å²) >= 11 is 0. The van der Waals surface area contributed by atoms with E-state index in [0.717, 1.165) is 44.9 Å². The second kappa shape index (κ2) is 5.33. The van der Waals surface area contributed by atoms with Gasteiger partial charge in [0, 0.05) is 11.8 Å². The Hall–Kier alpha value is -1.33. The Kier molecular flexibility index (Phi) is 3.59. The molecule has 4 rings (SSSR count). The van der Waals surface area contributed by atoms with Gasteiger partial charge in [-0.3, -0.25) is 4.79 Å². The Morgan fingerprint density at radius 1 is 1.38 bits per heavy atom. The van der Waals surface area contributed by atoms with E-state index in [4.69, 9.17) is 6.42 Å². The first-order valence-electron chi connectivity index (χ1n) is 9.57. The molecule has 3 fully saturated rings. The van der Waals surface area contributed by atoms with Crippen LogP contribution in [-0.2, 0) is 4.79 Å². The standard InChI is InChI=1S/C22H28O2/c1-4-21-13-14(3)20-17-9-7-16(23)12-15(17)6-8-18(20)19(21)10-11-22(21,24)5-2/h2,12,17-20,24H,3-4,6-11,13H2,1H3/t17-,18-,19?,20?,21-,22?/m1/s1. The fourth-order valence-corrected chi connectivity index (χ4v) is 6.90. The quantitative estimate of drug-likeness (QED) is 0.583. The number of carbonyl (C=O) groups is 1. The van der Waals surface area contributed by atoms with E-state index < -0.39 is 5.60 Å². The maximum atomic E-state index is 11.8. The molecule has 4 aliphatic carbocycles. The maximum absolute atomic E-state index is 11.8. The van der Waals surface area contributed by atoms with Crippen molar-refractivity contribution in [2.24, 2.45) is 29.1 Å². The number of terminal acetylenes is 1. The maximum Gasteiger partial charge on any atom is 0.155 e. The average molecular weight is 324 g/mol. The Balaban J connectivity index is 1.74. The van der Waals surface area contributed by atoms with Gasteiger partial charge in [-0.05, 0) is 74.7 Å². The lowest BCUT2D eigenvalue weighted by Crippen LogP contribution is -2.54. The first kappa shape index (κ1) is 16.2. The molecule has 2 heteroatoms. The number of fused-ring (bicyclic) bond motifs is 5. The van der Waals surface area contributed by atoms with Crippen molar-refractivity contribution in [3.63, 3.8) is 0 Å². The van der Waals surface area contributed by atoms with Crippen molar-refractivity contribution in [1.82, 2.24) is 0 Å². The molecule has 3 unspecified atom stereocenters. The zero-order chi connectivity index (χ0) is 17.1. The molecule has 4 aliphatic rings. The van der Waals surface area contributed by atoms with Gasteiger partial charge >= 0.3 is 0 Å². The Labute approximate surface area is 145 Å². The second-order valence-electron chi connectivity index (χ2n) is 8.55. The topological polar surface area (TPSA) is 37.3 Å². The van der Waals surface area contributed by atoms with Crippen molar-refractivity contribution >= 4 is 5.78 Å². The number of hydrogen-bond donors (Lipinski definition) is 1. The van der Waals surface area contributed by atoms with Crippen molar-refractivity contribution in [3.05, 3.63) is 23.8 Å². The summed E-state index contributed by atoms with van der Waals surface area (Å²) in [6.45, 7) is 6.65. The van der Waals surface area contributed by atoms with Crippen LogP contribution in [0.3, 0.4) is 0 Å². The summed E-state index contributed by atoms with van der Waals surface area (Å²) in [5.74, 6) is 5.13. The van der Waals surface area contributed by atoms with Crippen LogP contribution in [0.15, 0.2) is 23.8 Å². The van der Waals surface area contributed by atoms with Crippen LogP contribution in [0, 0.1) is 41.4 Å². The van der Waals surface area contributed by atoms with E-state index in [1.165, 1.54) is 11.1 Å². The van der Waals surface area contributed by atoms with Gasteiger partial charge in [0.1, 0.15) is 5.60 Å². The van der Waals surface area contributed by atoms with Gasteiger partial charge in [-0.1, -0.05) is 30.6 Å². The molecule has 0 heterocycles. The van der Waals surface area contributed by atoms with Crippen LogP contribution in [0.4, 0.5) is 0 Å². The normalized spacial score (nSPS) is 47.3. The molecule has 0 saturated heterocycles. The van der Waals surface area contributed by atoms with Crippen LogP contribution in [0.25, 0.3) is 0 Å². The van der Waals surface area contributed by atoms with E-state index in [-0.39, 0.29) is 5.41 Å². The molecule has 128 valence electrons. The zero-order valence-electron chi connectivity index (χ0n) is 14.7.